The molecule has 2 atom stereocenters. The summed E-state index contributed by atoms with van der Waals surface area (Å²) in [6, 6.07) is 1.16. The topological polar surface area (TPSA) is 31.4 Å². The van der Waals surface area contributed by atoms with E-state index in [9.17, 15) is 0 Å². The van der Waals surface area contributed by atoms with E-state index in [1.54, 1.807) is 11.3 Å². The Kier molecular flexibility index (Phi) is 4.72. The molecule has 1 aromatic rings. The summed E-state index contributed by atoms with van der Waals surface area (Å²) in [6.07, 6.45) is 0. The summed E-state index contributed by atoms with van der Waals surface area (Å²) >= 11 is 1.77. The Balaban J connectivity index is 1.98. The molecule has 0 aliphatic carbocycles. The van der Waals surface area contributed by atoms with E-state index in [2.05, 4.69) is 62.2 Å². The van der Waals surface area contributed by atoms with Crippen molar-refractivity contribution in [2.75, 3.05) is 25.0 Å². The maximum atomic E-state index is 4.79. The Labute approximate surface area is 127 Å². The van der Waals surface area contributed by atoms with Gasteiger partial charge in [0.1, 0.15) is 0 Å². The number of likely N-dealkylation sites (N-methyl/N-ethyl adjacent to an activating group) is 1. The highest BCUT2D eigenvalue weighted by molar-refractivity contribution is 7.13. The summed E-state index contributed by atoms with van der Waals surface area (Å²) in [5.74, 6) is 0. The van der Waals surface area contributed by atoms with Gasteiger partial charge in [-0.15, -0.1) is 11.3 Å². The van der Waals surface area contributed by atoms with Gasteiger partial charge in [-0.1, -0.05) is 0 Å². The molecule has 1 N–H and O–H groups in total. The quantitative estimate of drug-likeness (QED) is 0.929. The molecule has 0 aromatic carbocycles. The van der Waals surface area contributed by atoms with Crippen LogP contribution in [0.2, 0.25) is 0 Å². The zero-order chi connectivity index (χ0) is 14.9. The molecule has 0 amide bonds. The van der Waals surface area contributed by atoms with E-state index < -0.39 is 0 Å². The van der Waals surface area contributed by atoms with E-state index in [0.29, 0.717) is 12.1 Å². The van der Waals surface area contributed by atoms with Gasteiger partial charge in [0.05, 0.1) is 5.69 Å². The van der Waals surface area contributed by atoms with Crippen molar-refractivity contribution in [3.05, 3.63) is 11.1 Å². The molecule has 114 valence electrons. The van der Waals surface area contributed by atoms with E-state index in [-0.39, 0.29) is 5.54 Å². The van der Waals surface area contributed by atoms with Gasteiger partial charge in [0.25, 0.3) is 0 Å². The molecule has 2 rings (SSSR count). The minimum Gasteiger partial charge on any atom is -0.345 e. The Morgan fingerprint density at radius 2 is 1.90 bits per heavy atom. The van der Waals surface area contributed by atoms with Crippen LogP contribution < -0.4 is 10.2 Å². The van der Waals surface area contributed by atoms with Crippen LogP contribution in [0.15, 0.2) is 5.38 Å². The highest BCUT2D eigenvalue weighted by Gasteiger charge is 2.27. The first-order valence-corrected chi connectivity index (χ1v) is 8.30. The molecular formula is C15H28N4S. The second-order valence-electron chi connectivity index (χ2n) is 6.99. The fraction of sp³-hybridized carbons (Fsp3) is 0.800. The lowest BCUT2D eigenvalue weighted by Crippen LogP contribution is -2.55. The molecule has 0 saturated carbocycles. The zero-order valence-electron chi connectivity index (χ0n) is 13.6. The Morgan fingerprint density at radius 1 is 1.30 bits per heavy atom. The van der Waals surface area contributed by atoms with Gasteiger partial charge in [0.2, 0.25) is 0 Å². The standard InChI is InChI=1S/C15H28N4S/c1-11-8-19(9-12(2)18(11)6)14-17-13(10-20-14)7-16-15(3,4)5/h10-12,16H,7-9H2,1-6H3. The minimum atomic E-state index is 0.140. The molecule has 0 radical (unpaired) electrons. The first-order chi connectivity index (χ1) is 9.26. The third-order valence-corrected chi connectivity index (χ3v) is 4.92. The van der Waals surface area contributed by atoms with Crippen molar-refractivity contribution in [3.8, 4) is 0 Å². The molecule has 20 heavy (non-hydrogen) atoms. The number of aromatic nitrogens is 1. The number of thiazole rings is 1. The normalized spacial score (nSPS) is 25.2. The highest BCUT2D eigenvalue weighted by atomic mass is 32.1. The van der Waals surface area contributed by atoms with Crippen molar-refractivity contribution in [3.63, 3.8) is 0 Å². The van der Waals surface area contributed by atoms with Gasteiger partial charge in [0.15, 0.2) is 5.13 Å². The monoisotopic (exact) mass is 296 g/mol. The fourth-order valence-electron chi connectivity index (χ4n) is 2.44. The van der Waals surface area contributed by atoms with Gasteiger partial charge in [-0.3, -0.25) is 4.90 Å². The summed E-state index contributed by atoms with van der Waals surface area (Å²) in [5, 5.41) is 6.85. The van der Waals surface area contributed by atoms with Crippen LogP contribution in [0.3, 0.4) is 0 Å². The van der Waals surface area contributed by atoms with Gasteiger partial charge < -0.3 is 10.2 Å². The number of hydrogen-bond donors (Lipinski definition) is 1. The molecule has 0 bridgehead atoms. The predicted octanol–water partition coefficient (Wildman–Crippen LogP) is 2.56. The smallest absolute Gasteiger partial charge is 0.185 e. The number of nitrogens with zero attached hydrogens (tertiary/aromatic N) is 3. The van der Waals surface area contributed by atoms with Gasteiger partial charge in [0, 0.05) is 42.6 Å². The van der Waals surface area contributed by atoms with Crippen LogP contribution in [-0.4, -0.2) is 47.6 Å². The molecular weight excluding hydrogens is 268 g/mol. The first kappa shape index (κ1) is 15.7. The molecule has 1 aliphatic heterocycles. The number of anilines is 1. The summed E-state index contributed by atoms with van der Waals surface area (Å²) in [7, 11) is 2.22. The lowest BCUT2D eigenvalue weighted by Gasteiger charge is -2.42. The molecule has 4 nitrogen and oxygen atoms in total. The zero-order valence-corrected chi connectivity index (χ0v) is 14.4. The lowest BCUT2D eigenvalue weighted by atomic mass is 10.1. The lowest BCUT2D eigenvalue weighted by molar-refractivity contribution is 0.170. The van der Waals surface area contributed by atoms with Gasteiger partial charge in [-0.05, 0) is 41.7 Å². The number of hydrogen-bond acceptors (Lipinski definition) is 5. The van der Waals surface area contributed by atoms with Crippen molar-refractivity contribution in [2.45, 2.75) is 58.8 Å². The first-order valence-electron chi connectivity index (χ1n) is 7.42. The summed E-state index contributed by atoms with van der Waals surface area (Å²) < 4.78 is 0. The van der Waals surface area contributed by atoms with Crippen molar-refractivity contribution in [2.24, 2.45) is 0 Å². The third-order valence-electron chi connectivity index (χ3n) is 3.97. The molecule has 1 saturated heterocycles. The molecule has 1 fully saturated rings. The Hall–Kier alpha value is -0.650. The maximum absolute atomic E-state index is 4.79. The van der Waals surface area contributed by atoms with Crippen molar-refractivity contribution < 1.29 is 0 Å². The molecule has 1 aliphatic rings. The van der Waals surface area contributed by atoms with Crippen LogP contribution in [0.25, 0.3) is 0 Å². The minimum absolute atomic E-state index is 0.140. The van der Waals surface area contributed by atoms with E-state index >= 15 is 0 Å². The Bertz CT molecular complexity index is 425. The number of nitrogens with one attached hydrogen (secondary N) is 1. The predicted molar refractivity (Wildman–Crippen MR) is 87.6 cm³/mol. The number of rotatable bonds is 3. The summed E-state index contributed by atoms with van der Waals surface area (Å²) in [5.41, 5.74) is 1.29. The number of piperazine rings is 1. The van der Waals surface area contributed by atoms with Crippen molar-refractivity contribution >= 4 is 16.5 Å². The second-order valence-corrected chi connectivity index (χ2v) is 7.83. The maximum Gasteiger partial charge on any atom is 0.185 e. The average Bonchev–Trinajstić information content (AvgIpc) is 2.81. The molecule has 2 heterocycles. The van der Waals surface area contributed by atoms with Crippen molar-refractivity contribution in [1.29, 1.82) is 0 Å². The third kappa shape index (κ3) is 3.93. The van der Waals surface area contributed by atoms with Crippen LogP contribution >= 0.6 is 11.3 Å². The molecule has 1 aromatic heterocycles. The largest absolute Gasteiger partial charge is 0.345 e. The molecule has 5 heteroatoms. The van der Waals surface area contributed by atoms with Gasteiger partial charge >= 0.3 is 0 Å². The SMILES string of the molecule is CC1CN(c2nc(CNC(C)(C)C)cs2)CC(C)N1C. The van der Waals surface area contributed by atoms with Crippen LogP contribution in [0.5, 0.6) is 0 Å². The fourth-order valence-corrected chi connectivity index (χ4v) is 3.28. The van der Waals surface area contributed by atoms with E-state index in [0.717, 1.165) is 25.3 Å². The van der Waals surface area contributed by atoms with Gasteiger partial charge in [-0.2, -0.15) is 0 Å². The molecule has 0 spiro atoms. The van der Waals surface area contributed by atoms with Crippen molar-refractivity contribution in [1.82, 2.24) is 15.2 Å². The van der Waals surface area contributed by atoms with Gasteiger partial charge in [-0.25, -0.2) is 4.98 Å². The average molecular weight is 296 g/mol. The summed E-state index contributed by atoms with van der Waals surface area (Å²) in [6.45, 7) is 14.1. The van der Waals surface area contributed by atoms with Crippen LogP contribution in [-0.2, 0) is 6.54 Å². The molecule has 2 unspecified atom stereocenters. The van der Waals surface area contributed by atoms with E-state index in [4.69, 9.17) is 4.98 Å². The summed E-state index contributed by atoms with van der Waals surface area (Å²) in [4.78, 5) is 9.68. The Morgan fingerprint density at radius 3 is 2.45 bits per heavy atom. The van der Waals surface area contributed by atoms with E-state index in [1.807, 2.05) is 0 Å². The van der Waals surface area contributed by atoms with E-state index in [1.165, 1.54) is 5.13 Å². The highest BCUT2D eigenvalue weighted by Crippen LogP contribution is 2.25. The van der Waals surface area contributed by atoms with Crippen LogP contribution in [0, 0.1) is 0 Å². The van der Waals surface area contributed by atoms with Crippen LogP contribution in [0.1, 0.15) is 40.3 Å². The second kappa shape index (κ2) is 6.00. The van der Waals surface area contributed by atoms with Crippen LogP contribution in [0.4, 0.5) is 5.13 Å².